The lowest BCUT2D eigenvalue weighted by Crippen LogP contribution is -2.46. The Morgan fingerprint density at radius 1 is 1.25 bits per heavy atom. The standard InChI is InChI=1S/C22H30N6O3S/c1-14-9-19-21(28(13-14)17-3-2-4-17)24-12-20(26-19)22(29)25-11-16-10-15(7-8-23-16)27-32(30,31)18-5-6-18/h7-8,10,12,14,17-18,22,25,29H,2-6,9,11,13H2,1H3,(H,23,27)/t14-,22?/m1/s1. The molecular weight excluding hydrogens is 428 g/mol. The lowest BCUT2D eigenvalue weighted by Gasteiger charge is -2.43. The lowest BCUT2D eigenvalue weighted by atomic mass is 9.88. The highest BCUT2D eigenvalue weighted by atomic mass is 32.2. The first-order valence-electron chi connectivity index (χ1n) is 11.4. The zero-order valence-corrected chi connectivity index (χ0v) is 19.1. The van der Waals surface area contributed by atoms with Crippen LogP contribution in [0.3, 0.4) is 0 Å². The third-order valence-corrected chi connectivity index (χ3v) is 8.34. The first kappa shape index (κ1) is 21.5. The fraction of sp³-hybridized carbons (Fsp3) is 0.591. The van der Waals surface area contributed by atoms with E-state index < -0.39 is 16.3 Å². The van der Waals surface area contributed by atoms with Crippen LogP contribution < -0.4 is 14.9 Å². The maximum absolute atomic E-state index is 12.1. The van der Waals surface area contributed by atoms with E-state index in [0.29, 0.717) is 41.9 Å². The van der Waals surface area contributed by atoms with Gasteiger partial charge in [-0.1, -0.05) is 6.92 Å². The topological polar surface area (TPSA) is 120 Å². The molecule has 2 atom stereocenters. The van der Waals surface area contributed by atoms with Crippen LogP contribution in [0.4, 0.5) is 11.5 Å². The van der Waals surface area contributed by atoms with Gasteiger partial charge >= 0.3 is 0 Å². The Hall–Kier alpha value is -2.30. The van der Waals surface area contributed by atoms with E-state index in [9.17, 15) is 13.5 Å². The first-order chi connectivity index (χ1) is 15.4. The quantitative estimate of drug-likeness (QED) is 0.515. The summed E-state index contributed by atoms with van der Waals surface area (Å²) in [6.45, 7) is 3.51. The fourth-order valence-electron chi connectivity index (χ4n) is 4.35. The van der Waals surface area contributed by atoms with Gasteiger partial charge in [-0.25, -0.2) is 18.4 Å². The predicted octanol–water partition coefficient (Wildman–Crippen LogP) is 2.11. The van der Waals surface area contributed by atoms with Gasteiger partial charge in [-0.2, -0.15) is 0 Å². The molecule has 0 aromatic carbocycles. The van der Waals surface area contributed by atoms with E-state index in [4.69, 9.17) is 4.98 Å². The summed E-state index contributed by atoms with van der Waals surface area (Å²) < 4.78 is 26.9. The van der Waals surface area contributed by atoms with Crippen molar-refractivity contribution < 1.29 is 13.5 Å². The Morgan fingerprint density at radius 2 is 2.06 bits per heavy atom. The normalized spacial score (nSPS) is 22.2. The number of fused-ring (bicyclic) bond motifs is 1. The van der Waals surface area contributed by atoms with Crippen molar-refractivity contribution in [2.75, 3.05) is 16.2 Å². The molecule has 10 heteroatoms. The van der Waals surface area contributed by atoms with E-state index in [1.165, 1.54) is 19.3 Å². The highest BCUT2D eigenvalue weighted by Crippen LogP contribution is 2.35. The molecule has 3 heterocycles. The maximum atomic E-state index is 12.1. The molecule has 0 radical (unpaired) electrons. The molecule has 32 heavy (non-hydrogen) atoms. The van der Waals surface area contributed by atoms with Gasteiger partial charge in [0.05, 0.1) is 28.5 Å². The van der Waals surface area contributed by atoms with Gasteiger partial charge in [-0.05, 0) is 56.6 Å². The van der Waals surface area contributed by atoms with Gasteiger partial charge in [0.2, 0.25) is 10.0 Å². The van der Waals surface area contributed by atoms with Crippen LogP contribution in [0.1, 0.15) is 62.3 Å². The Kier molecular flexibility index (Phi) is 5.77. The van der Waals surface area contributed by atoms with E-state index in [1.807, 2.05) is 0 Å². The molecule has 0 saturated heterocycles. The average molecular weight is 459 g/mol. The van der Waals surface area contributed by atoms with Crippen molar-refractivity contribution in [3.8, 4) is 0 Å². The predicted molar refractivity (Wildman–Crippen MR) is 121 cm³/mol. The molecule has 1 unspecified atom stereocenters. The summed E-state index contributed by atoms with van der Waals surface area (Å²) in [5, 5.41) is 13.4. The fourth-order valence-corrected chi connectivity index (χ4v) is 5.73. The van der Waals surface area contributed by atoms with Crippen molar-refractivity contribution in [1.82, 2.24) is 20.3 Å². The highest BCUT2D eigenvalue weighted by molar-refractivity contribution is 7.93. The molecule has 0 bridgehead atoms. The molecule has 2 fully saturated rings. The van der Waals surface area contributed by atoms with Gasteiger partial charge in [0.1, 0.15) is 11.9 Å². The molecular formula is C22H30N6O3S. The summed E-state index contributed by atoms with van der Waals surface area (Å²) in [4.78, 5) is 16.1. The van der Waals surface area contributed by atoms with Crippen LogP contribution in [0.25, 0.3) is 0 Å². The number of sulfonamides is 1. The Morgan fingerprint density at radius 3 is 2.78 bits per heavy atom. The summed E-state index contributed by atoms with van der Waals surface area (Å²) in [6, 6.07) is 3.87. The molecule has 9 nitrogen and oxygen atoms in total. The number of anilines is 2. The van der Waals surface area contributed by atoms with Crippen LogP contribution in [0.2, 0.25) is 0 Å². The van der Waals surface area contributed by atoms with Crippen molar-refractivity contribution in [1.29, 1.82) is 0 Å². The van der Waals surface area contributed by atoms with Gasteiger partial charge in [0.15, 0.2) is 5.82 Å². The van der Waals surface area contributed by atoms with Crippen LogP contribution in [0.15, 0.2) is 24.5 Å². The summed E-state index contributed by atoms with van der Waals surface area (Å²) >= 11 is 0. The zero-order valence-electron chi connectivity index (χ0n) is 18.2. The average Bonchev–Trinajstić information content (AvgIpc) is 3.56. The second-order valence-corrected chi connectivity index (χ2v) is 11.2. The molecule has 2 aliphatic carbocycles. The number of aliphatic hydroxyl groups is 1. The van der Waals surface area contributed by atoms with Gasteiger partial charge < -0.3 is 10.0 Å². The van der Waals surface area contributed by atoms with Crippen LogP contribution in [-0.4, -0.2) is 46.3 Å². The van der Waals surface area contributed by atoms with Crippen molar-refractivity contribution >= 4 is 21.5 Å². The Labute approximate surface area is 188 Å². The number of nitrogens with one attached hydrogen (secondary N) is 2. The number of aliphatic hydroxyl groups excluding tert-OH is 1. The highest BCUT2D eigenvalue weighted by Gasteiger charge is 2.36. The molecule has 0 spiro atoms. The van der Waals surface area contributed by atoms with Crippen LogP contribution in [-0.2, 0) is 23.0 Å². The van der Waals surface area contributed by atoms with Gasteiger partial charge in [-0.15, -0.1) is 0 Å². The van der Waals surface area contributed by atoms with Gasteiger partial charge in [0.25, 0.3) is 0 Å². The van der Waals surface area contributed by atoms with Crippen LogP contribution >= 0.6 is 0 Å². The summed E-state index contributed by atoms with van der Waals surface area (Å²) in [7, 11) is -3.32. The smallest absolute Gasteiger partial charge is 0.235 e. The third-order valence-electron chi connectivity index (χ3n) is 6.48. The van der Waals surface area contributed by atoms with Crippen molar-refractivity contribution in [3.05, 3.63) is 41.6 Å². The molecule has 172 valence electrons. The minimum absolute atomic E-state index is 0.267. The van der Waals surface area contributed by atoms with Crippen molar-refractivity contribution in [2.24, 2.45) is 5.92 Å². The molecule has 1 aliphatic heterocycles. The van der Waals surface area contributed by atoms with E-state index in [-0.39, 0.29) is 11.8 Å². The monoisotopic (exact) mass is 458 g/mol. The van der Waals surface area contributed by atoms with Crippen molar-refractivity contribution in [3.63, 3.8) is 0 Å². The summed E-state index contributed by atoms with van der Waals surface area (Å²) in [5.41, 5.74) is 2.54. The molecule has 0 amide bonds. The number of pyridine rings is 1. The number of hydrogen-bond donors (Lipinski definition) is 3. The summed E-state index contributed by atoms with van der Waals surface area (Å²) in [6.07, 6.45) is 8.18. The molecule has 3 aliphatic rings. The molecule has 2 aromatic heterocycles. The lowest BCUT2D eigenvalue weighted by molar-refractivity contribution is 0.131. The van der Waals surface area contributed by atoms with Crippen LogP contribution in [0, 0.1) is 5.92 Å². The van der Waals surface area contributed by atoms with E-state index >= 15 is 0 Å². The van der Waals surface area contributed by atoms with E-state index in [0.717, 1.165) is 24.5 Å². The molecule has 2 saturated carbocycles. The van der Waals surface area contributed by atoms with Crippen LogP contribution in [0.5, 0.6) is 0 Å². The second-order valence-electron chi connectivity index (χ2n) is 9.28. The number of nitrogens with zero attached hydrogens (tertiary/aromatic N) is 4. The van der Waals surface area contributed by atoms with Gasteiger partial charge in [-0.3, -0.25) is 15.0 Å². The molecule has 3 N–H and O–H groups in total. The first-order valence-corrected chi connectivity index (χ1v) is 12.9. The minimum Gasteiger partial charge on any atom is -0.373 e. The SMILES string of the molecule is C[C@@H]1Cc2nc(C(O)NCc3cc(NS(=O)(=O)C4CC4)ccn3)cnc2N(C2CCC2)C1. The number of rotatable bonds is 8. The van der Waals surface area contributed by atoms with E-state index in [2.05, 4.69) is 31.8 Å². The Balaban J connectivity index is 1.24. The summed E-state index contributed by atoms with van der Waals surface area (Å²) in [5.74, 6) is 1.46. The second kappa shape index (κ2) is 8.57. The number of aromatic nitrogens is 3. The van der Waals surface area contributed by atoms with Gasteiger partial charge in [0, 0.05) is 25.3 Å². The third kappa shape index (κ3) is 4.57. The largest absolute Gasteiger partial charge is 0.373 e. The minimum atomic E-state index is -3.32. The number of hydrogen-bond acceptors (Lipinski definition) is 8. The molecule has 2 aromatic rings. The van der Waals surface area contributed by atoms with Crippen molar-refractivity contribution in [2.45, 2.75) is 69.5 Å². The van der Waals surface area contributed by atoms with E-state index in [1.54, 1.807) is 24.5 Å². The maximum Gasteiger partial charge on any atom is 0.235 e. The zero-order chi connectivity index (χ0) is 22.3. The Bertz CT molecular complexity index is 1090. The molecule has 5 rings (SSSR count).